The van der Waals surface area contributed by atoms with Gasteiger partial charge in [0.1, 0.15) is 10.6 Å². The smallest absolute Gasteiger partial charge is 0.321 e. The van der Waals surface area contributed by atoms with Gasteiger partial charge in [0.15, 0.2) is 5.16 Å². The van der Waals surface area contributed by atoms with Crippen molar-refractivity contribution in [3.8, 4) is 11.1 Å². The van der Waals surface area contributed by atoms with Crippen molar-refractivity contribution in [1.82, 2.24) is 20.6 Å². The summed E-state index contributed by atoms with van der Waals surface area (Å²) in [5.74, 6) is -0.345. The Morgan fingerprint density at radius 2 is 1.97 bits per heavy atom. The third-order valence-electron chi connectivity index (χ3n) is 5.09. The molecule has 0 atom stereocenters. The normalized spacial score (nSPS) is 14.1. The molecule has 1 saturated carbocycles. The molecule has 0 spiro atoms. The number of thioether (sulfide) groups is 1. The number of imide groups is 1. The highest BCUT2D eigenvalue weighted by atomic mass is 32.2. The predicted molar refractivity (Wildman–Crippen MR) is 120 cm³/mol. The first kappa shape index (κ1) is 21.5. The summed E-state index contributed by atoms with van der Waals surface area (Å²) >= 11 is 2.58. The summed E-state index contributed by atoms with van der Waals surface area (Å²) in [5, 5.41) is 7.84. The van der Waals surface area contributed by atoms with Crippen LogP contribution in [0, 0.1) is 5.82 Å². The van der Waals surface area contributed by atoms with E-state index in [9.17, 15) is 18.8 Å². The predicted octanol–water partition coefficient (Wildman–Crippen LogP) is 4.04. The number of fused-ring (bicyclic) bond motifs is 1. The van der Waals surface area contributed by atoms with Gasteiger partial charge in [0, 0.05) is 29.2 Å². The summed E-state index contributed by atoms with van der Waals surface area (Å²) in [4.78, 5) is 44.2. The minimum absolute atomic E-state index is 0.121. The Bertz CT molecular complexity index is 1150. The highest BCUT2D eigenvalue weighted by Crippen LogP contribution is 2.31. The molecule has 4 rings (SSSR count). The number of hydrogen-bond acceptors (Lipinski definition) is 6. The van der Waals surface area contributed by atoms with E-state index in [1.165, 1.54) is 35.2 Å². The molecule has 3 amide bonds. The largest absolute Gasteiger partial charge is 0.335 e. The number of benzene rings is 1. The molecule has 0 aliphatic heterocycles. The molecule has 162 valence electrons. The van der Waals surface area contributed by atoms with E-state index in [1.54, 1.807) is 12.1 Å². The van der Waals surface area contributed by atoms with Gasteiger partial charge >= 0.3 is 6.03 Å². The van der Waals surface area contributed by atoms with E-state index in [1.807, 2.05) is 5.38 Å². The quantitative estimate of drug-likeness (QED) is 0.380. The van der Waals surface area contributed by atoms with Crippen LogP contribution >= 0.6 is 23.1 Å². The Labute approximate surface area is 185 Å². The van der Waals surface area contributed by atoms with Crippen molar-refractivity contribution in [2.45, 2.75) is 43.3 Å². The van der Waals surface area contributed by atoms with Crippen molar-refractivity contribution >= 4 is 45.3 Å². The third-order valence-corrected chi connectivity index (χ3v) is 6.84. The molecule has 10 heteroatoms. The zero-order valence-corrected chi connectivity index (χ0v) is 18.2. The molecular formula is C21H21FN4O3S2. The topological polar surface area (TPSA) is 104 Å². The lowest BCUT2D eigenvalue weighted by Gasteiger charge is -2.12. The molecule has 1 aliphatic rings. The highest BCUT2D eigenvalue weighted by Gasteiger charge is 2.18. The van der Waals surface area contributed by atoms with E-state index >= 15 is 0 Å². The number of carbonyl (C=O) groups is 2. The van der Waals surface area contributed by atoms with E-state index in [2.05, 4.69) is 20.6 Å². The third kappa shape index (κ3) is 5.31. The van der Waals surface area contributed by atoms with E-state index in [0.717, 1.165) is 31.2 Å². The van der Waals surface area contributed by atoms with Crippen molar-refractivity contribution in [3.63, 3.8) is 0 Å². The molecule has 2 heterocycles. The molecule has 3 N–H and O–H groups in total. The van der Waals surface area contributed by atoms with Crippen LogP contribution in [0.4, 0.5) is 9.18 Å². The van der Waals surface area contributed by atoms with E-state index in [-0.39, 0.29) is 29.7 Å². The number of aromatic nitrogens is 2. The van der Waals surface area contributed by atoms with Crippen LogP contribution in [0.15, 0.2) is 39.6 Å². The zero-order chi connectivity index (χ0) is 21.8. The minimum atomic E-state index is -0.457. The number of hydrogen-bond donors (Lipinski definition) is 3. The van der Waals surface area contributed by atoms with Crippen LogP contribution in [0.2, 0.25) is 0 Å². The van der Waals surface area contributed by atoms with Gasteiger partial charge in [0.25, 0.3) is 5.56 Å². The number of nitrogens with one attached hydrogen (secondary N) is 3. The summed E-state index contributed by atoms with van der Waals surface area (Å²) in [7, 11) is 0. The van der Waals surface area contributed by atoms with Gasteiger partial charge in [-0.2, -0.15) is 0 Å². The first-order valence-corrected chi connectivity index (χ1v) is 11.9. The second-order valence-corrected chi connectivity index (χ2v) is 9.25. The highest BCUT2D eigenvalue weighted by molar-refractivity contribution is 7.99. The molecule has 1 aliphatic carbocycles. The maximum Gasteiger partial charge on any atom is 0.321 e. The second-order valence-electron chi connectivity index (χ2n) is 7.31. The Balaban J connectivity index is 1.35. The number of urea groups is 1. The molecule has 1 aromatic carbocycles. The first-order valence-electron chi connectivity index (χ1n) is 10.00. The van der Waals surface area contributed by atoms with Crippen LogP contribution < -0.4 is 16.2 Å². The van der Waals surface area contributed by atoms with Gasteiger partial charge in [-0.15, -0.1) is 11.3 Å². The number of nitrogens with zero attached hydrogens (tertiary/aromatic N) is 1. The number of thiophene rings is 1. The van der Waals surface area contributed by atoms with Gasteiger partial charge in [0.2, 0.25) is 5.91 Å². The minimum Gasteiger partial charge on any atom is -0.335 e. The summed E-state index contributed by atoms with van der Waals surface area (Å²) in [5.41, 5.74) is 1.17. The van der Waals surface area contributed by atoms with E-state index in [4.69, 9.17) is 0 Å². The molecule has 0 unspecified atom stereocenters. The fourth-order valence-electron chi connectivity index (χ4n) is 3.56. The maximum absolute atomic E-state index is 13.2. The lowest BCUT2D eigenvalue weighted by atomic mass is 10.1. The van der Waals surface area contributed by atoms with E-state index in [0.29, 0.717) is 26.7 Å². The van der Waals surface area contributed by atoms with Crippen LogP contribution in [0.5, 0.6) is 0 Å². The molecule has 0 radical (unpaired) electrons. The first-order chi connectivity index (χ1) is 15.0. The van der Waals surface area contributed by atoms with Crippen LogP contribution in [-0.4, -0.2) is 33.7 Å². The van der Waals surface area contributed by atoms with Gasteiger partial charge < -0.3 is 10.3 Å². The van der Waals surface area contributed by atoms with Crippen LogP contribution in [0.1, 0.15) is 32.1 Å². The van der Waals surface area contributed by atoms with Gasteiger partial charge in [-0.3, -0.25) is 14.9 Å². The molecule has 3 aromatic rings. The Hall–Kier alpha value is -2.72. The zero-order valence-electron chi connectivity index (χ0n) is 16.6. The average molecular weight is 461 g/mol. The monoisotopic (exact) mass is 460 g/mol. The lowest BCUT2D eigenvalue weighted by molar-refractivity contribution is -0.119. The standard InChI is InChI=1S/C21H21FN4O3S2/c22-13-7-5-12(6-8-13)15-11-31-19-17(15)18(28)25-21(26-19)30-10-9-16(27)24-20(29)23-14-3-1-2-4-14/h5-8,11,14H,1-4,9-10H2,(H,25,26,28)(H2,23,24,27,29). The van der Waals surface area contributed by atoms with Crippen LogP contribution in [0.25, 0.3) is 21.3 Å². The summed E-state index contributed by atoms with van der Waals surface area (Å²) in [6, 6.07) is 5.64. The fraction of sp³-hybridized carbons (Fsp3) is 0.333. The second kappa shape index (κ2) is 9.61. The number of amides is 3. The molecule has 31 heavy (non-hydrogen) atoms. The number of aromatic amines is 1. The number of H-pyrrole nitrogens is 1. The summed E-state index contributed by atoms with van der Waals surface area (Å²) in [6.07, 6.45) is 4.21. The molecule has 0 saturated heterocycles. The fourth-order valence-corrected chi connectivity index (χ4v) is 5.37. The maximum atomic E-state index is 13.2. The van der Waals surface area contributed by atoms with Crippen molar-refractivity contribution in [2.24, 2.45) is 0 Å². The Morgan fingerprint density at radius 1 is 1.23 bits per heavy atom. The van der Waals surface area contributed by atoms with Gasteiger partial charge in [0.05, 0.1) is 5.39 Å². The molecular weight excluding hydrogens is 439 g/mol. The average Bonchev–Trinajstić information content (AvgIpc) is 3.38. The SMILES string of the molecule is O=C(CCSc1nc2scc(-c3ccc(F)cc3)c2c(=O)[nH]1)NC(=O)NC1CCCC1. The molecule has 1 fully saturated rings. The Morgan fingerprint density at radius 3 is 2.71 bits per heavy atom. The number of carbonyl (C=O) groups excluding carboxylic acids is 2. The van der Waals surface area contributed by atoms with Crippen molar-refractivity contribution in [2.75, 3.05) is 5.75 Å². The van der Waals surface area contributed by atoms with Crippen molar-refractivity contribution < 1.29 is 14.0 Å². The van der Waals surface area contributed by atoms with E-state index < -0.39 is 6.03 Å². The van der Waals surface area contributed by atoms with Gasteiger partial charge in [-0.1, -0.05) is 36.7 Å². The molecule has 7 nitrogen and oxygen atoms in total. The lowest BCUT2D eigenvalue weighted by Crippen LogP contribution is -2.43. The van der Waals surface area contributed by atoms with Crippen molar-refractivity contribution in [1.29, 1.82) is 0 Å². The number of rotatable bonds is 6. The Kier molecular flexibility index (Phi) is 6.67. The summed E-state index contributed by atoms with van der Waals surface area (Å²) < 4.78 is 13.2. The molecule has 2 aromatic heterocycles. The van der Waals surface area contributed by atoms with Gasteiger partial charge in [-0.05, 0) is 30.5 Å². The number of halogens is 1. The van der Waals surface area contributed by atoms with Crippen LogP contribution in [0.3, 0.4) is 0 Å². The van der Waals surface area contributed by atoms with Gasteiger partial charge in [-0.25, -0.2) is 14.2 Å². The summed E-state index contributed by atoms with van der Waals surface area (Å²) in [6.45, 7) is 0. The van der Waals surface area contributed by atoms with Crippen molar-refractivity contribution in [3.05, 3.63) is 45.8 Å². The van der Waals surface area contributed by atoms with Crippen LogP contribution in [-0.2, 0) is 4.79 Å². The molecule has 0 bridgehead atoms.